The van der Waals surface area contributed by atoms with Crippen molar-refractivity contribution in [2.24, 2.45) is 0 Å². The smallest absolute Gasteiger partial charge is 0.337 e. The van der Waals surface area contributed by atoms with Gasteiger partial charge >= 0.3 is 11.9 Å². The van der Waals surface area contributed by atoms with Crippen LogP contribution in [0.2, 0.25) is 0 Å². The number of rotatable bonds is 7. The van der Waals surface area contributed by atoms with E-state index in [1.54, 1.807) is 24.3 Å². The summed E-state index contributed by atoms with van der Waals surface area (Å²) in [4.78, 5) is 23.5. The highest BCUT2D eigenvalue weighted by Gasteiger charge is 2.12. The van der Waals surface area contributed by atoms with Crippen molar-refractivity contribution >= 4 is 11.9 Å². The van der Waals surface area contributed by atoms with E-state index in [4.69, 9.17) is 9.15 Å². The molecule has 0 bridgehead atoms. The van der Waals surface area contributed by atoms with Gasteiger partial charge in [-0.1, -0.05) is 29.8 Å². The van der Waals surface area contributed by atoms with E-state index in [1.165, 1.54) is 7.11 Å². The van der Waals surface area contributed by atoms with Crippen LogP contribution in [0.4, 0.5) is 0 Å². The number of aromatic nitrogens is 2. The average molecular weight is 380 g/mol. The van der Waals surface area contributed by atoms with E-state index in [9.17, 15) is 9.59 Å². The number of hydrogen-bond donors (Lipinski definition) is 0. The largest absolute Gasteiger partial charge is 0.465 e. The van der Waals surface area contributed by atoms with Crippen molar-refractivity contribution in [3.8, 4) is 11.5 Å². The maximum atomic E-state index is 12.0. The molecule has 0 radical (unpaired) electrons. The lowest BCUT2D eigenvalue weighted by atomic mass is 10.1. The van der Waals surface area contributed by atoms with Crippen LogP contribution in [0.25, 0.3) is 11.5 Å². The molecule has 0 spiro atoms. The molecule has 0 aliphatic heterocycles. The van der Waals surface area contributed by atoms with Crippen LogP contribution in [0, 0.1) is 6.92 Å². The molecule has 2 aromatic carbocycles. The lowest BCUT2D eigenvalue weighted by Gasteiger charge is -2.06. The number of nitrogens with zero attached hydrogens (tertiary/aromatic N) is 2. The minimum atomic E-state index is -0.436. The van der Waals surface area contributed by atoms with Crippen LogP contribution in [-0.4, -0.2) is 29.2 Å². The summed E-state index contributed by atoms with van der Waals surface area (Å²) in [7, 11) is 1.32. The third kappa shape index (κ3) is 5.03. The van der Waals surface area contributed by atoms with Gasteiger partial charge in [-0.15, -0.1) is 10.2 Å². The molecule has 7 nitrogen and oxygen atoms in total. The van der Waals surface area contributed by atoms with Gasteiger partial charge in [-0.05, 0) is 36.8 Å². The van der Waals surface area contributed by atoms with E-state index in [0.717, 1.165) is 11.1 Å². The van der Waals surface area contributed by atoms with Gasteiger partial charge in [-0.2, -0.15) is 0 Å². The van der Waals surface area contributed by atoms with Gasteiger partial charge in [0.05, 0.1) is 19.1 Å². The van der Waals surface area contributed by atoms with E-state index in [1.807, 2.05) is 31.2 Å². The summed E-state index contributed by atoms with van der Waals surface area (Å²) in [6, 6.07) is 14.5. The Bertz CT molecular complexity index is 963. The Balaban J connectivity index is 1.50. The Morgan fingerprint density at radius 2 is 1.86 bits per heavy atom. The second-order valence-electron chi connectivity index (χ2n) is 6.22. The van der Waals surface area contributed by atoms with E-state index in [0.29, 0.717) is 29.3 Å². The van der Waals surface area contributed by atoms with E-state index >= 15 is 0 Å². The number of carbonyl (C=O) groups excluding carboxylic acids is 2. The first-order chi connectivity index (χ1) is 13.5. The van der Waals surface area contributed by atoms with Crippen LogP contribution >= 0.6 is 0 Å². The second kappa shape index (κ2) is 8.94. The number of benzene rings is 2. The molecule has 1 aromatic heterocycles. The zero-order valence-corrected chi connectivity index (χ0v) is 15.7. The summed E-state index contributed by atoms with van der Waals surface area (Å²) in [6.07, 6.45) is 0.409. The Labute approximate surface area is 162 Å². The van der Waals surface area contributed by atoms with Crippen molar-refractivity contribution in [2.45, 2.75) is 26.4 Å². The molecule has 0 amide bonds. The normalized spacial score (nSPS) is 10.5. The number of ether oxygens (including phenoxy) is 2. The first-order valence-corrected chi connectivity index (χ1v) is 8.77. The summed E-state index contributed by atoms with van der Waals surface area (Å²) >= 11 is 0. The number of hydrogen-bond acceptors (Lipinski definition) is 7. The molecule has 0 saturated heterocycles. The lowest BCUT2D eigenvalue weighted by molar-refractivity contribution is -0.145. The highest BCUT2D eigenvalue weighted by Crippen LogP contribution is 2.19. The molecule has 1 heterocycles. The van der Waals surface area contributed by atoms with Crippen LogP contribution in [0.15, 0.2) is 52.9 Å². The predicted molar refractivity (Wildman–Crippen MR) is 100 cm³/mol. The van der Waals surface area contributed by atoms with E-state index in [-0.39, 0.29) is 13.0 Å². The summed E-state index contributed by atoms with van der Waals surface area (Å²) in [5.74, 6) is -0.0317. The third-order valence-electron chi connectivity index (χ3n) is 4.06. The number of methoxy groups -OCH3 is 1. The fraction of sp³-hybridized carbons (Fsp3) is 0.238. The topological polar surface area (TPSA) is 91.5 Å². The molecule has 0 N–H and O–H groups in total. The van der Waals surface area contributed by atoms with Gasteiger partial charge in [-0.3, -0.25) is 4.79 Å². The number of esters is 2. The van der Waals surface area contributed by atoms with Gasteiger partial charge in [0.2, 0.25) is 11.8 Å². The lowest BCUT2D eigenvalue weighted by Crippen LogP contribution is -2.07. The van der Waals surface area contributed by atoms with Gasteiger partial charge in [0.15, 0.2) is 0 Å². The molecule has 144 valence electrons. The van der Waals surface area contributed by atoms with Gasteiger partial charge in [-0.25, -0.2) is 4.79 Å². The molecule has 7 heteroatoms. The average Bonchev–Trinajstić information content (AvgIpc) is 3.20. The Morgan fingerprint density at radius 1 is 1.07 bits per heavy atom. The molecular formula is C21H20N2O5. The highest BCUT2D eigenvalue weighted by molar-refractivity contribution is 5.89. The molecule has 0 atom stereocenters. The van der Waals surface area contributed by atoms with Crippen LogP contribution in [0.3, 0.4) is 0 Å². The zero-order valence-electron chi connectivity index (χ0n) is 15.7. The fourth-order valence-corrected chi connectivity index (χ4v) is 2.52. The first kappa shape index (κ1) is 19.3. The van der Waals surface area contributed by atoms with E-state index in [2.05, 4.69) is 14.9 Å². The van der Waals surface area contributed by atoms with Crippen molar-refractivity contribution in [1.29, 1.82) is 0 Å². The molecule has 0 aliphatic carbocycles. The van der Waals surface area contributed by atoms with Crippen LogP contribution in [0.5, 0.6) is 0 Å². The molecule has 3 aromatic rings. The standard InChI is InChI=1S/C21H20N2O5/c1-14-6-8-16(9-7-14)20-23-22-18(28-20)10-11-19(24)27-13-15-4-3-5-17(12-15)21(25)26-2/h3-9,12H,10-11,13H2,1-2H3. The van der Waals surface area contributed by atoms with Crippen molar-refractivity contribution in [1.82, 2.24) is 10.2 Å². The molecule has 0 aliphatic rings. The minimum Gasteiger partial charge on any atom is -0.465 e. The number of carbonyl (C=O) groups is 2. The van der Waals surface area contributed by atoms with Crippen LogP contribution in [-0.2, 0) is 27.3 Å². The maximum absolute atomic E-state index is 12.0. The van der Waals surface area contributed by atoms with Crippen LogP contribution < -0.4 is 0 Å². The van der Waals surface area contributed by atoms with Crippen LogP contribution in [0.1, 0.15) is 33.8 Å². The molecule has 3 rings (SSSR count). The van der Waals surface area contributed by atoms with Gasteiger partial charge in [0, 0.05) is 12.0 Å². The zero-order chi connectivity index (χ0) is 19.9. The third-order valence-corrected chi connectivity index (χ3v) is 4.06. The van der Waals surface area contributed by atoms with Crippen molar-refractivity contribution < 1.29 is 23.5 Å². The minimum absolute atomic E-state index is 0.0715. The molecular weight excluding hydrogens is 360 g/mol. The van der Waals surface area contributed by atoms with E-state index < -0.39 is 11.9 Å². The molecule has 0 unspecified atom stereocenters. The molecule has 0 saturated carbocycles. The summed E-state index contributed by atoms with van der Waals surface area (Å²) in [5, 5.41) is 7.98. The molecule has 28 heavy (non-hydrogen) atoms. The fourth-order valence-electron chi connectivity index (χ4n) is 2.52. The van der Waals surface area contributed by atoms with Gasteiger partial charge in [0.1, 0.15) is 6.61 Å². The summed E-state index contributed by atoms with van der Waals surface area (Å²) in [5.41, 5.74) is 3.09. The second-order valence-corrected chi connectivity index (χ2v) is 6.22. The first-order valence-electron chi connectivity index (χ1n) is 8.77. The molecule has 0 fully saturated rings. The highest BCUT2D eigenvalue weighted by atomic mass is 16.5. The predicted octanol–water partition coefficient (Wildman–Crippen LogP) is 3.51. The van der Waals surface area contributed by atoms with Crippen molar-refractivity contribution in [2.75, 3.05) is 7.11 Å². The summed E-state index contributed by atoms with van der Waals surface area (Å²) in [6.45, 7) is 2.07. The van der Waals surface area contributed by atoms with Crippen molar-refractivity contribution in [3.63, 3.8) is 0 Å². The Hall–Kier alpha value is -3.48. The number of aryl methyl sites for hydroxylation is 2. The summed E-state index contributed by atoms with van der Waals surface area (Å²) < 4.78 is 15.5. The van der Waals surface area contributed by atoms with Gasteiger partial charge in [0.25, 0.3) is 0 Å². The quantitative estimate of drug-likeness (QED) is 0.579. The Kier molecular flexibility index (Phi) is 6.16. The maximum Gasteiger partial charge on any atom is 0.337 e. The monoisotopic (exact) mass is 380 g/mol. The van der Waals surface area contributed by atoms with Crippen molar-refractivity contribution in [3.05, 3.63) is 71.1 Å². The Morgan fingerprint density at radius 3 is 2.61 bits per heavy atom. The van der Waals surface area contributed by atoms with Gasteiger partial charge < -0.3 is 13.9 Å². The SMILES string of the molecule is COC(=O)c1cccc(COC(=O)CCc2nnc(-c3ccc(C)cc3)o2)c1.